The number of fused-ring (bicyclic) bond motifs is 21. The predicted molar refractivity (Wildman–Crippen MR) is 433 cm³/mol. The van der Waals surface area contributed by atoms with E-state index in [1.807, 2.05) is 161 Å². The quantitative estimate of drug-likeness (QED) is 0.149. The lowest BCUT2D eigenvalue weighted by Gasteiger charge is -1.94. The van der Waals surface area contributed by atoms with Crippen molar-refractivity contribution in [1.82, 2.24) is 34.9 Å². The molecule has 7 aromatic carbocycles. The zero-order chi connectivity index (χ0) is 66.8. The predicted octanol–water partition coefficient (Wildman–Crippen LogP) is 26.3. The van der Waals surface area contributed by atoms with Crippen molar-refractivity contribution < 1.29 is 0 Å². The summed E-state index contributed by atoms with van der Waals surface area (Å²) in [6, 6.07) is 64.1. The number of thiophene rings is 7. The van der Waals surface area contributed by atoms with E-state index >= 15 is 0 Å². The monoisotopic (exact) mass is 1390 g/mol. The Kier molecular flexibility index (Phi) is 18.5. The Hall–Kier alpha value is -9.87. The van der Waals surface area contributed by atoms with Crippen LogP contribution in [0.5, 0.6) is 0 Å². The third kappa shape index (κ3) is 13.1. The fourth-order valence-electron chi connectivity index (χ4n) is 12.4. The van der Waals surface area contributed by atoms with Crippen LogP contribution in [-0.2, 0) is 0 Å². The normalized spacial score (nSPS) is 11.2. The summed E-state index contributed by atoms with van der Waals surface area (Å²) in [4.78, 5) is 29.6. The number of hydrogen-bond acceptors (Lipinski definition) is 14. The smallest absolute Gasteiger partial charge is 0.0465 e. The summed E-state index contributed by atoms with van der Waals surface area (Å²) in [6.45, 7) is 14.8. The molecule has 14 heteroatoms. The minimum absolute atomic E-state index is 1.09. The maximum Gasteiger partial charge on any atom is 0.0465 e. The van der Waals surface area contributed by atoms with Crippen molar-refractivity contribution in [2.24, 2.45) is 0 Å². The molecule has 14 heterocycles. The molecule has 0 unspecified atom stereocenters. The molecule has 14 aromatic heterocycles. The van der Waals surface area contributed by atoms with Crippen molar-refractivity contribution in [3.63, 3.8) is 0 Å². The Morgan fingerprint density at radius 1 is 0.224 bits per heavy atom. The molecule has 0 fully saturated rings. The highest BCUT2D eigenvalue weighted by Crippen LogP contribution is 2.40. The highest BCUT2D eigenvalue weighted by molar-refractivity contribution is 7.28. The minimum atomic E-state index is 1.09. The molecule has 0 amide bonds. The van der Waals surface area contributed by atoms with Gasteiger partial charge in [-0.05, 0) is 150 Å². The Morgan fingerprint density at radius 2 is 0.653 bits per heavy atom. The van der Waals surface area contributed by atoms with E-state index in [1.165, 1.54) is 169 Å². The molecule has 7 nitrogen and oxygen atoms in total. The van der Waals surface area contributed by atoms with Crippen LogP contribution in [0.3, 0.4) is 0 Å². The average molecular weight is 1390 g/mol. The van der Waals surface area contributed by atoms with Gasteiger partial charge in [-0.25, -0.2) is 0 Å². The van der Waals surface area contributed by atoms with Crippen LogP contribution in [0.4, 0.5) is 0 Å². The van der Waals surface area contributed by atoms with E-state index in [0.29, 0.717) is 0 Å². The number of nitrogens with zero attached hydrogens (tertiary/aromatic N) is 7. The zero-order valence-electron chi connectivity index (χ0n) is 54.7. The van der Waals surface area contributed by atoms with Gasteiger partial charge < -0.3 is 0 Å². The van der Waals surface area contributed by atoms with Crippen LogP contribution in [0.1, 0.15) is 39.2 Å². The summed E-state index contributed by atoms with van der Waals surface area (Å²) in [5, 5.41) is 18.3. The summed E-state index contributed by atoms with van der Waals surface area (Å²) < 4.78 is 18.8. The summed E-state index contributed by atoms with van der Waals surface area (Å²) in [7, 11) is 0. The Morgan fingerprint density at radius 3 is 1.36 bits per heavy atom. The summed E-state index contributed by atoms with van der Waals surface area (Å²) in [6.07, 6.45) is 23.0. The van der Waals surface area contributed by atoms with Crippen LogP contribution in [0.15, 0.2) is 256 Å². The third-order valence-corrected chi connectivity index (χ3v) is 25.5. The van der Waals surface area contributed by atoms with E-state index < -0.39 is 0 Å². The number of aromatic nitrogens is 7. The van der Waals surface area contributed by atoms with Gasteiger partial charge in [0.15, 0.2) is 0 Å². The lowest BCUT2D eigenvalue weighted by atomic mass is 10.1. The van der Waals surface area contributed by atoms with Crippen LogP contribution >= 0.6 is 79.4 Å². The Balaban J connectivity index is 0.0000000933. The standard InChI is InChI=1S/7C12H9NS/c1-8-2-3-11-9(6-8)10-7-13-5-4-12(10)14-11;1-8-2-3-9-10-7-13-5-4-11(10)14-12(9)6-8;1-8-3-2-4-11-12(8)9-7-13-6-5-10(9)14-11;1-8-3-2-4-9-10-7-13-6-5-11(10)14-12(8)9;1-8-6-13-7-10-9-4-2-3-5-11(9)14-12(8)10;1-8-6-12-10(7-13-8)9-4-2-3-5-11(9)14-12;1-8-12-9-4-2-3-5-10(9)14-11(12)6-7-13-8/h7*2-7H,1H3. The Bertz CT molecular complexity index is 6090. The number of benzene rings is 7. The van der Waals surface area contributed by atoms with Crippen molar-refractivity contribution in [1.29, 1.82) is 0 Å². The fraction of sp³-hybridized carbons (Fsp3) is 0.0833. The van der Waals surface area contributed by atoms with Gasteiger partial charge in [-0.15, -0.1) is 79.4 Å². The maximum atomic E-state index is 4.34. The maximum absolute atomic E-state index is 4.34. The van der Waals surface area contributed by atoms with Crippen molar-refractivity contribution in [3.05, 3.63) is 296 Å². The highest BCUT2D eigenvalue weighted by Gasteiger charge is 2.12. The number of pyridine rings is 7. The van der Waals surface area contributed by atoms with E-state index in [1.54, 1.807) is 0 Å². The third-order valence-electron chi connectivity index (χ3n) is 17.2. The fourth-order valence-corrected chi connectivity index (χ4v) is 20.4. The van der Waals surface area contributed by atoms with Crippen molar-refractivity contribution in [2.45, 2.75) is 48.5 Å². The van der Waals surface area contributed by atoms with E-state index in [4.69, 9.17) is 0 Å². The zero-order valence-corrected chi connectivity index (χ0v) is 60.5. The second-order valence-electron chi connectivity index (χ2n) is 24.0. The Labute approximate surface area is 594 Å². The molecule has 98 heavy (non-hydrogen) atoms. The van der Waals surface area contributed by atoms with E-state index in [-0.39, 0.29) is 0 Å². The molecule has 21 rings (SSSR count). The second kappa shape index (κ2) is 28.3. The van der Waals surface area contributed by atoms with E-state index in [0.717, 1.165) is 11.4 Å². The molecule has 0 saturated carbocycles. The second-order valence-corrected chi connectivity index (χ2v) is 31.5. The molecular formula is C84H63N7S7. The van der Waals surface area contributed by atoms with Gasteiger partial charge in [0, 0.05) is 227 Å². The van der Waals surface area contributed by atoms with Crippen molar-refractivity contribution in [3.8, 4) is 0 Å². The van der Waals surface area contributed by atoms with Gasteiger partial charge >= 0.3 is 0 Å². The van der Waals surface area contributed by atoms with Crippen LogP contribution < -0.4 is 0 Å². The first kappa shape index (κ1) is 64.1. The molecule has 0 radical (unpaired) electrons. The van der Waals surface area contributed by atoms with Crippen LogP contribution in [0, 0.1) is 48.5 Å². The molecule has 0 atom stereocenters. The molecule has 0 saturated heterocycles. The van der Waals surface area contributed by atoms with Gasteiger partial charge in [0.1, 0.15) is 0 Å². The molecule has 0 aliphatic carbocycles. The first-order valence-electron chi connectivity index (χ1n) is 32.1. The number of hydrogen-bond donors (Lipinski definition) is 0. The molecule has 0 bridgehead atoms. The minimum Gasteiger partial charge on any atom is -0.264 e. The van der Waals surface area contributed by atoms with Crippen molar-refractivity contribution in [2.75, 3.05) is 0 Å². The largest absolute Gasteiger partial charge is 0.264 e. The van der Waals surface area contributed by atoms with Gasteiger partial charge in [-0.2, -0.15) is 0 Å². The van der Waals surface area contributed by atoms with Crippen molar-refractivity contribution >= 4 is 221 Å². The summed E-state index contributed by atoms with van der Waals surface area (Å²) in [5.41, 5.74) is 8.79. The van der Waals surface area contributed by atoms with E-state index in [2.05, 4.69) is 258 Å². The SMILES string of the molecule is Cc1cc2sc3ccccc3c2cn1.Cc1ccc2c(c1)sc1ccncc12.Cc1ccc2sc3ccncc3c2c1.Cc1cccc2c1sc1ccncc12.Cc1cccc2sc3ccncc3c12.Cc1cncc2c1sc1ccccc12.Cc1nccc2sc3ccccc3c12. The number of rotatable bonds is 0. The van der Waals surface area contributed by atoms with Gasteiger partial charge in [0.2, 0.25) is 0 Å². The highest BCUT2D eigenvalue weighted by atomic mass is 32.1. The molecule has 0 N–H and O–H groups in total. The van der Waals surface area contributed by atoms with E-state index in [9.17, 15) is 0 Å². The van der Waals surface area contributed by atoms with Gasteiger partial charge in [0.25, 0.3) is 0 Å². The van der Waals surface area contributed by atoms with Crippen LogP contribution in [0.2, 0.25) is 0 Å². The molecule has 0 aliphatic heterocycles. The molecular weight excluding hydrogens is 1330 g/mol. The average Bonchev–Trinajstić information content (AvgIpc) is 1.77. The summed E-state index contributed by atoms with van der Waals surface area (Å²) >= 11 is 12.9. The van der Waals surface area contributed by atoms with Gasteiger partial charge in [-0.1, -0.05) is 109 Å². The van der Waals surface area contributed by atoms with Crippen LogP contribution in [0.25, 0.3) is 141 Å². The molecule has 21 aromatic rings. The topological polar surface area (TPSA) is 90.2 Å². The summed E-state index contributed by atoms with van der Waals surface area (Å²) in [5.74, 6) is 0. The number of aryl methyl sites for hydroxylation is 7. The molecule has 0 aliphatic rings. The first-order chi connectivity index (χ1) is 48.0. The van der Waals surface area contributed by atoms with Gasteiger partial charge in [-0.3, -0.25) is 34.9 Å². The van der Waals surface area contributed by atoms with Crippen LogP contribution in [-0.4, -0.2) is 34.9 Å². The van der Waals surface area contributed by atoms with Gasteiger partial charge in [0.05, 0.1) is 0 Å². The molecule has 0 spiro atoms. The first-order valence-corrected chi connectivity index (χ1v) is 37.8. The lowest BCUT2D eigenvalue weighted by Crippen LogP contribution is -1.78. The molecule has 476 valence electrons. The lowest BCUT2D eigenvalue weighted by molar-refractivity contribution is 1.23.